The van der Waals surface area contributed by atoms with Gasteiger partial charge < -0.3 is 9.47 Å². The van der Waals surface area contributed by atoms with Gasteiger partial charge in [0.25, 0.3) is 6.47 Å². The van der Waals surface area contributed by atoms with Gasteiger partial charge >= 0.3 is 6.36 Å². The Morgan fingerprint density at radius 1 is 1.26 bits per heavy atom. The largest absolute Gasteiger partial charge is 0.573 e. The number of carbonyl (C=O) groups is 1. The quantitative estimate of drug-likeness (QED) is 0.563. The van der Waals surface area contributed by atoms with Crippen LogP contribution in [0.5, 0.6) is 5.75 Å². The molecular weight excluding hydrogens is 261 g/mol. The van der Waals surface area contributed by atoms with Crippen LogP contribution in [-0.2, 0) is 9.53 Å². The molecule has 0 aliphatic heterocycles. The summed E-state index contributed by atoms with van der Waals surface area (Å²) in [6.07, 6.45) is -3.17. The maximum atomic E-state index is 12.0. The summed E-state index contributed by atoms with van der Waals surface area (Å²) in [4.78, 5) is 9.94. The van der Waals surface area contributed by atoms with E-state index in [0.29, 0.717) is 19.5 Å². The maximum absolute atomic E-state index is 12.0. The van der Waals surface area contributed by atoms with E-state index in [4.69, 9.17) is 0 Å². The Bertz CT molecular complexity index is 387. The molecule has 0 bridgehead atoms. The van der Waals surface area contributed by atoms with E-state index >= 15 is 0 Å². The van der Waals surface area contributed by atoms with Crippen LogP contribution in [-0.4, -0.2) is 19.4 Å². The Morgan fingerprint density at radius 2 is 1.89 bits per heavy atom. The molecule has 0 aliphatic rings. The Hall–Kier alpha value is -1.72. The van der Waals surface area contributed by atoms with Crippen LogP contribution in [0.25, 0.3) is 0 Å². The van der Waals surface area contributed by atoms with Gasteiger partial charge in [0.1, 0.15) is 5.75 Å². The van der Waals surface area contributed by atoms with Gasteiger partial charge in [-0.05, 0) is 36.5 Å². The first-order chi connectivity index (χ1) is 8.92. The van der Waals surface area contributed by atoms with Crippen LogP contribution < -0.4 is 4.74 Å². The molecule has 1 aromatic carbocycles. The fourth-order valence-electron chi connectivity index (χ4n) is 1.69. The zero-order valence-electron chi connectivity index (χ0n) is 10.4. The van der Waals surface area contributed by atoms with Gasteiger partial charge in [0.2, 0.25) is 0 Å². The number of hydrogen-bond donors (Lipinski definition) is 0. The van der Waals surface area contributed by atoms with Crippen LogP contribution in [0.3, 0.4) is 0 Å². The summed E-state index contributed by atoms with van der Waals surface area (Å²) in [7, 11) is 0. The summed E-state index contributed by atoms with van der Waals surface area (Å²) in [6.45, 7) is 2.71. The van der Waals surface area contributed by atoms with Crippen molar-refractivity contribution in [2.75, 3.05) is 6.61 Å². The number of rotatable bonds is 7. The highest BCUT2D eigenvalue weighted by molar-refractivity contribution is 5.36. The molecule has 6 heteroatoms. The van der Waals surface area contributed by atoms with E-state index < -0.39 is 6.36 Å². The van der Waals surface area contributed by atoms with Gasteiger partial charge in [-0.1, -0.05) is 19.1 Å². The summed E-state index contributed by atoms with van der Waals surface area (Å²) in [5.41, 5.74) is 0.917. The fourth-order valence-corrected chi connectivity index (χ4v) is 1.69. The van der Waals surface area contributed by atoms with Gasteiger partial charge in [-0.2, -0.15) is 0 Å². The second kappa shape index (κ2) is 7.01. The topological polar surface area (TPSA) is 35.5 Å². The van der Waals surface area contributed by atoms with Crippen LogP contribution in [0.2, 0.25) is 0 Å². The van der Waals surface area contributed by atoms with Gasteiger partial charge in [-0.15, -0.1) is 13.2 Å². The van der Waals surface area contributed by atoms with Gasteiger partial charge in [0, 0.05) is 0 Å². The first kappa shape index (κ1) is 15.3. The molecule has 3 nitrogen and oxygen atoms in total. The average molecular weight is 276 g/mol. The molecule has 0 fully saturated rings. The van der Waals surface area contributed by atoms with E-state index in [1.165, 1.54) is 12.1 Å². The lowest BCUT2D eigenvalue weighted by Crippen LogP contribution is -2.17. The Kier molecular flexibility index (Phi) is 5.66. The van der Waals surface area contributed by atoms with E-state index in [1.807, 2.05) is 6.92 Å². The van der Waals surface area contributed by atoms with Crippen LogP contribution >= 0.6 is 0 Å². The molecule has 1 aromatic rings. The third kappa shape index (κ3) is 6.13. The van der Waals surface area contributed by atoms with Crippen LogP contribution in [0, 0.1) is 0 Å². The summed E-state index contributed by atoms with van der Waals surface area (Å²) in [6, 6.07) is 5.79. The molecule has 0 saturated carbocycles. The third-order valence-electron chi connectivity index (χ3n) is 2.65. The van der Waals surface area contributed by atoms with Gasteiger partial charge in [-0.3, -0.25) is 4.79 Å². The SMILES string of the molecule is CC(CCCOC=O)c1ccc(OC(F)(F)F)cc1. The van der Waals surface area contributed by atoms with Crippen LogP contribution in [0.4, 0.5) is 13.2 Å². The smallest absolute Gasteiger partial charge is 0.468 e. The number of alkyl halides is 3. The molecule has 106 valence electrons. The maximum Gasteiger partial charge on any atom is 0.573 e. The number of ether oxygens (including phenoxy) is 2. The van der Waals surface area contributed by atoms with Crippen molar-refractivity contribution in [2.24, 2.45) is 0 Å². The molecule has 1 rings (SSSR count). The van der Waals surface area contributed by atoms with Gasteiger partial charge in [-0.25, -0.2) is 0 Å². The summed E-state index contributed by atoms with van der Waals surface area (Å²) in [5.74, 6) is -0.0528. The molecule has 0 saturated heterocycles. The van der Waals surface area contributed by atoms with Crippen molar-refractivity contribution >= 4 is 6.47 Å². The number of hydrogen-bond acceptors (Lipinski definition) is 3. The van der Waals surface area contributed by atoms with E-state index in [-0.39, 0.29) is 11.7 Å². The minimum Gasteiger partial charge on any atom is -0.468 e. The predicted octanol–water partition coefficient (Wildman–Crippen LogP) is 3.64. The number of benzene rings is 1. The van der Waals surface area contributed by atoms with E-state index in [0.717, 1.165) is 12.0 Å². The molecule has 0 heterocycles. The zero-order valence-corrected chi connectivity index (χ0v) is 10.4. The third-order valence-corrected chi connectivity index (χ3v) is 2.65. The highest BCUT2D eigenvalue weighted by atomic mass is 19.4. The molecule has 0 aliphatic carbocycles. The molecule has 0 spiro atoms. The highest BCUT2D eigenvalue weighted by Gasteiger charge is 2.30. The van der Waals surface area contributed by atoms with Crippen molar-refractivity contribution in [2.45, 2.75) is 32.0 Å². The number of carbonyl (C=O) groups excluding carboxylic acids is 1. The Morgan fingerprint density at radius 3 is 2.42 bits per heavy atom. The molecule has 0 amide bonds. The monoisotopic (exact) mass is 276 g/mol. The molecule has 19 heavy (non-hydrogen) atoms. The Labute approximate surface area is 109 Å². The second-order valence-corrected chi connectivity index (χ2v) is 4.13. The van der Waals surface area contributed by atoms with Crippen LogP contribution in [0.15, 0.2) is 24.3 Å². The molecular formula is C13H15F3O3. The van der Waals surface area contributed by atoms with Crippen molar-refractivity contribution in [3.63, 3.8) is 0 Å². The average Bonchev–Trinajstić information content (AvgIpc) is 2.33. The fraction of sp³-hybridized carbons (Fsp3) is 0.462. The van der Waals surface area contributed by atoms with Crippen molar-refractivity contribution < 1.29 is 27.4 Å². The number of halogens is 3. The van der Waals surface area contributed by atoms with Crippen LogP contribution in [0.1, 0.15) is 31.2 Å². The summed E-state index contributed by atoms with van der Waals surface area (Å²) in [5, 5.41) is 0. The van der Waals surface area contributed by atoms with E-state index in [1.54, 1.807) is 12.1 Å². The normalized spacial score (nSPS) is 12.8. The minimum atomic E-state index is -4.67. The van der Waals surface area contributed by atoms with Crippen molar-refractivity contribution in [3.05, 3.63) is 29.8 Å². The zero-order chi connectivity index (χ0) is 14.3. The van der Waals surface area contributed by atoms with Crippen molar-refractivity contribution in [1.82, 2.24) is 0 Å². The molecule has 1 atom stereocenters. The van der Waals surface area contributed by atoms with Crippen molar-refractivity contribution in [1.29, 1.82) is 0 Å². The van der Waals surface area contributed by atoms with Crippen molar-refractivity contribution in [3.8, 4) is 5.75 Å². The lowest BCUT2D eigenvalue weighted by molar-refractivity contribution is -0.274. The highest BCUT2D eigenvalue weighted by Crippen LogP contribution is 2.26. The lowest BCUT2D eigenvalue weighted by atomic mass is 9.96. The second-order valence-electron chi connectivity index (χ2n) is 4.13. The minimum absolute atomic E-state index is 0.176. The lowest BCUT2D eigenvalue weighted by Gasteiger charge is -2.13. The van der Waals surface area contributed by atoms with E-state index in [9.17, 15) is 18.0 Å². The molecule has 1 unspecified atom stereocenters. The van der Waals surface area contributed by atoms with Gasteiger partial charge in [0.15, 0.2) is 0 Å². The van der Waals surface area contributed by atoms with Gasteiger partial charge in [0.05, 0.1) is 6.61 Å². The standard InChI is InChI=1S/C13H15F3O3/c1-10(3-2-8-18-9-17)11-4-6-12(7-5-11)19-13(14,15)16/h4-7,9-10H,2-3,8H2,1H3. The predicted molar refractivity (Wildman–Crippen MR) is 62.8 cm³/mol. The Balaban J connectivity index is 2.48. The first-order valence-electron chi connectivity index (χ1n) is 5.83. The molecule has 0 aromatic heterocycles. The molecule has 0 N–H and O–H groups in total. The summed E-state index contributed by atoms with van der Waals surface area (Å²) < 4.78 is 44.3. The molecule has 0 radical (unpaired) electrons. The first-order valence-corrected chi connectivity index (χ1v) is 5.83. The van der Waals surface area contributed by atoms with E-state index in [2.05, 4.69) is 9.47 Å². The summed E-state index contributed by atoms with van der Waals surface area (Å²) >= 11 is 0.